The Morgan fingerprint density at radius 3 is 1.83 bits per heavy atom. The quantitative estimate of drug-likeness (QED) is 0.413. The number of nitrogens with two attached hydrogens (primary N) is 3. The van der Waals surface area contributed by atoms with Crippen LogP contribution in [0.2, 0.25) is 0 Å². The SMILES string of the molecule is NC(=O)/C=C(/CC(N)=O)C(N)=O. The minimum absolute atomic E-state index is 0.185. The highest BCUT2D eigenvalue weighted by molar-refractivity contribution is 6.02. The molecule has 6 nitrogen and oxygen atoms in total. The molecule has 0 aliphatic rings. The zero-order valence-corrected chi connectivity index (χ0v) is 6.24. The van der Waals surface area contributed by atoms with E-state index in [9.17, 15) is 14.4 Å². The van der Waals surface area contributed by atoms with Crippen LogP contribution in [-0.2, 0) is 14.4 Å². The predicted molar refractivity (Wildman–Crippen MR) is 40.3 cm³/mol. The van der Waals surface area contributed by atoms with Gasteiger partial charge >= 0.3 is 0 Å². The Hall–Kier alpha value is -1.85. The minimum atomic E-state index is -0.882. The molecule has 0 spiro atoms. The summed E-state index contributed by atoms with van der Waals surface area (Å²) in [6.07, 6.45) is 0.408. The molecule has 12 heavy (non-hydrogen) atoms. The van der Waals surface area contributed by atoms with Gasteiger partial charge in [-0.15, -0.1) is 0 Å². The molecule has 3 amide bonds. The number of primary amides is 3. The first-order valence-electron chi connectivity index (χ1n) is 3.01. The molecule has 0 aromatic heterocycles. The highest BCUT2D eigenvalue weighted by atomic mass is 16.2. The normalized spacial score (nSPS) is 10.8. The summed E-state index contributed by atoms with van der Waals surface area (Å²) in [4.78, 5) is 31.1. The zero-order valence-electron chi connectivity index (χ0n) is 6.24. The summed E-state index contributed by atoms with van der Waals surface area (Å²) < 4.78 is 0. The molecule has 0 aromatic carbocycles. The van der Waals surface area contributed by atoms with E-state index >= 15 is 0 Å². The van der Waals surface area contributed by atoms with Crippen LogP contribution in [0.5, 0.6) is 0 Å². The third kappa shape index (κ3) is 4.04. The van der Waals surface area contributed by atoms with E-state index in [1.54, 1.807) is 0 Å². The number of carbonyl (C=O) groups is 3. The molecule has 0 fully saturated rings. The van der Waals surface area contributed by atoms with Gasteiger partial charge in [0.25, 0.3) is 0 Å². The van der Waals surface area contributed by atoms with Gasteiger partial charge in [-0.2, -0.15) is 0 Å². The van der Waals surface area contributed by atoms with E-state index in [0.29, 0.717) is 0 Å². The number of carbonyl (C=O) groups excluding carboxylic acids is 3. The molecule has 0 atom stereocenters. The van der Waals surface area contributed by atoms with E-state index < -0.39 is 17.7 Å². The van der Waals surface area contributed by atoms with Crippen LogP contribution >= 0.6 is 0 Å². The lowest BCUT2D eigenvalue weighted by molar-refractivity contribution is -0.120. The average molecular weight is 171 g/mol. The monoisotopic (exact) mass is 171 g/mol. The fourth-order valence-corrected chi connectivity index (χ4v) is 0.569. The predicted octanol–water partition coefficient (Wildman–Crippen LogP) is -2.24. The highest BCUT2D eigenvalue weighted by Crippen LogP contribution is 1.98. The number of hydrogen-bond acceptors (Lipinski definition) is 3. The average Bonchev–Trinajstić information content (AvgIpc) is 1.83. The van der Waals surface area contributed by atoms with Gasteiger partial charge in [0.15, 0.2) is 0 Å². The molecule has 6 heteroatoms. The van der Waals surface area contributed by atoms with Crippen LogP contribution < -0.4 is 17.2 Å². The summed E-state index contributed by atoms with van der Waals surface area (Å²) in [6, 6.07) is 0. The third-order valence-corrected chi connectivity index (χ3v) is 0.998. The molecule has 0 rings (SSSR count). The van der Waals surface area contributed by atoms with Crippen molar-refractivity contribution in [1.82, 2.24) is 0 Å². The summed E-state index contributed by atoms with van der Waals surface area (Å²) >= 11 is 0. The van der Waals surface area contributed by atoms with Gasteiger partial charge in [0, 0.05) is 11.6 Å². The molecular formula is C6H9N3O3. The van der Waals surface area contributed by atoms with E-state index in [1.165, 1.54) is 0 Å². The highest BCUT2D eigenvalue weighted by Gasteiger charge is 2.09. The zero-order chi connectivity index (χ0) is 9.72. The summed E-state index contributed by atoms with van der Waals surface area (Å²) in [6.45, 7) is 0. The Labute approximate surface area is 68.4 Å². The van der Waals surface area contributed by atoms with Gasteiger partial charge in [0.2, 0.25) is 17.7 Å². The third-order valence-electron chi connectivity index (χ3n) is 0.998. The lowest BCUT2D eigenvalue weighted by Crippen LogP contribution is -2.22. The summed E-state index contributed by atoms with van der Waals surface area (Å²) in [5.74, 6) is -2.47. The summed E-state index contributed by atoms with van der Waals surface area (Å²) in [5, 5.41) is 0. The molecular weight excluding hydrogens is 162 g/mol. The molecule has 0 radical (unpaired) electrons. The molecule has 0 unspecified atom stereocenters. The van der Waals surface area contributed by atoms with Gasteiger partial charge in [-0.3, -0.25) is 14.4 Å². The Morgan fingerprint density at radius 1 is 1.08 bits per heavy atom. The van der Waals surface area contributed by atoms with Crippen molar-refractivity contribution in [3.05, 3.63) is 11.6 Å². The van der Waals surface area contributed by atoms with Gasteiger partial charge in [-0.1, -0.05) is 0 Å². The maximum absolute atomic E-state index is 10.5. The van der Waals surface area contributed by atoms with Crippen molar-refractivity contribution >= 4 is 17.7 Å². The van der Waals surface area contributed by atoms with Crippen LogP contribution in [0, 0.1) is 0 Å². The number of hydrogen-bond donors (Lipinski definition) is 3. The minimum Gasteiger partial charge on any atom is -0.369 e. The van der Waals surface area contributed by atoms with Crippen molar-refractivity contribution < 1.29 is 14.4 Å². The van der Waals surface area contributed by atoms with E-state index in [-0.39, 0.29) is 12.0 Å². The molecule has 6 N–H and O–H groups in total. The van der Waals surface area contributed by atoms with E-state index in [0.717, 1.165) is 6.08 Å². The van der Waals surface area contributed by atoms with Crippen LogP contribution in [0.3, 0.4) is 0 Å². The van der Waals surface area contributed by atoms with Crippen molar-refractivity contribution in [2.45, 2.75) is 6.42 Å². The van der Waals surface area contributed by atoms with Gasteiger partial charge in [-0.05, 0) is 0 Å². The van der Waals surface area contributed by atoms with Crippen molar-refractivity contribution in [2.75, 3.05) is 0 Å². The maximum atomic E-state index is 10.5. The fraction of sp³-hybridized carbons (Fsp3) is 0.167. The first kappa shape index (κ1) is 10.2. The van der Waals surface area contributed by atoms with Gasteiger partial charge < -0.3 is 17.2 Å². The Balaban J connectivity index is 4.55. The van der Waals surface area contributed by atoms with Crippen LogP contribution in [0.1, 0.15) is 6.42 Å². The van der Waals surface area contributed by atoms with Crippen LogP contribution in [-0.4, -0.2) is 17.7 Å². The van der Waals surface area contributed by atoms with Gasteiger partial charge in [0.05, 0.1) is 6.42 Å². The lowest BCUT2D eigenvalue weighted by atomic mass is 10.1. The summed E-state index contributed by atoms with van der Waals surface area (Å²) in [7, 11) is 0. The molecule has 0 bridgehead atoms. The molecule has 0 aliphatic carbocycles. The molecule has 0 saturated heterocycles. The Morgan fingerprint density at radius 2 is 1.58 bits per heavy atom. The molecule has 0 saturated carbocycles. The Bertz CT molecular complexity index is 257. The van der Waals surface area contributed by atoms with E-state index in [4.69, 9.17) is 17.2 Å². The second kappa shape index (κ2) is 4.12. The van der Waals surface area contributed by atoms with Crippen LogP contribution in [0.25, 0.3) is 0 Å². The lowest BCUT2D eigenvalue weighted by Gasteiger charge is -1.97. The van der Waals surface area contributed by atoms with E-state index in [1.807, 2.05) is 0 Å². The van der Waals surface area contributed by atoms with Crippen molar-refractivity contribution in [1.29, 1.82) is 0 Å². The second-order valence-electron chi connectivity index (χ2n) is 2.08. The molecule has 0 aromatic rings. The van der Waals surface area contributed by atoms with E-state index in [2.05, 4.69) is 0 Å². The van der Waals surface area contributed by atoms with Crippen LogP contribution in [0.4, 0.5) is 0 Å². The van der Waals surface area contributed by atoms with Crippen molar-refractivity contribution in [3.63, 3.8) is 0 Å². The smallest absolute Gasteiger partial charge is 0.245 e. The largest absolute Gasteiger partial charge is 0.369 e. The standard InChI is InChI=1S/C6H9N3O3/c7-4(10)1-3(6(9)12)2-5(8)11/h1H,2H2,(H2,7,10)(H2,8,11)(H2,9,12)/b3-1-. The number of amides is 3. The van der Waals surface area contributed by atoms with Gasteiger partial charge in [-0.25, -0.2) is 0 Å². The van der Waals surface area contributed by atoms with Crippen molar-refractivity contribution in [3.8, 4) is 0 Å². The molecule has 0 aliphatic heterocycles. The van der Waals surface area contributed by atoms with Crippen molar-refractivity contribution in [2.24, 2.45) is 17.2 Å². The Kier molecular flexibility index (Phi) is 3.48. The first-order chi connectivity index (χ1) is 5.43. The maximum Gasteiger partial charge on any atom is 0.245 e. The van der Waals surface area contributed by atoms with Gasteiger partial charge in [0.1, 0.15) is 0 Å². The topological polar surface area (TPSA) is 129 Å². The van der Waals surface area contributed by atoms with Crippen LogP contribution in [0.15, 0.2) is 11.6 Å². The molecule has 66 valence electrons. The summed E-state index contributed by atoms with van der Waals surface area (Å²) in [5.41, 5.74) is 14.1. The molecule has 0 heterocycles. The first-order valence-corrected chi connectivity index (χ1v) is 3.01. The fourth-order valence-electron chi connectivity index (χ4n) is 0.569. The number of rotatable bonds is 4. The second-order valence-corrected chi connectivity index (χ2v) is 2.08.